The lowest BCUT2D eigenvalue weighted by Crippen LogP contribution is -2.04. The van der Waals surface area contributed by atoms with Gasteiger partial charge in [-0.05, 0) is 54.7 Å². The molecule has 0 bridgehead atoms. The van der Waals surface area contributed by atoms with Crippen molar-refractivity contribution in [3.05, 3.63) is 75.3 Å². The van der Waals surface area contributed by atoms with Crippen molar-refractivity contribution in [2.24, 2.45) is 5.16 Å². The summed E-state index contributed by atoms with van der Waals surface area (Å²) < 4.78 is 0. The molecule has 0 heterocycles. The molecule has 3 nitrogen and oxygen atoms in total. The number of halogens is 2. The third-order valence-corrected chi connectivity index (χ3v) is 4.50. The van der Waals surface area contributed by atoms with E-state index in [-0.39, 0.29) is 0 Å². The number of hydrogen-bond donors (Lipinski definition) is 0. The van der Waals surface area contributed by atoms with Crippen molar-refractivity contribution in [2.75, 3.05) is 0 Å². The molecule has 0 saturated heterocycles. The van der Waals surface area contributed by atoms with E-state index < -0.39 is 5.97 Å². The van der Waals surface area contributed by atoms with Gasteiger partial charge in [0.05, 0.1) is 21.3 Å². The van der Waals surface area contributed by atoms with Gasteiger partial charge in [-0.15, -0.1) is 0 Å². The Morgan fingerprint density at radius 3 is 2.58 bits per heavy atom. The minimum Gasteiger partial charge on any atom is -0.313 e. The third kappa shape index (κ3) is 4.05. The molecule has 1 aliphatic carbocycles. The number of hydrogen-bond acceptors (Lipinski definition) is 3. The normalized spacial score (nSPS) is 17.4. The van der Waals surface area contributed by atoms with Crippen molar-refractivity contribution in [2.45, 2.75) is 19.3 Å². The molecule has 2 aromatic carbocycles. The minimum atomic E-state index is -0.549. The predicted octanol–water partition coefficient (Wildman–Crippen LogP) is 5.77. The molecule has 0 N–H and O–H groups in total. The van der Waals surface area contributed by atoms with Gasteiger partial charge in [-0.2, -0.15) is 0 Å². The fourth-order valence-electron chi connectivity index (χ4n) is 2.53. The molecule has 0 spiro atoms. The molecule has 0 aromatic heterocycles. The van der Waals surface area contributed by atoms with Crippen molar-refractivity contribution in [3.8, 4) is 0 Å². The van der Waals surface area contributed by atoms with Crippen LogP contribution in [-0.4, -0.2) is 11.7 Å². The van der Waals surface area contributed by atoms with E-state index in [1.807, 2.05) is 30.3 Å². The lowest BCUT2D eigenvalue weighted by Gasteiger charge is -2.03. The Balaban J connectivity index is 1.74. The minimum absolute atomic E-state index is 0.310. The second-order valence-corrected chi connectivity index (χ2v) is 6.29. The molecule has 1 saturated carbocycles. The monoisotopic (exact) mass is 359 g/mol. The van der Waals surface area contributed by atoms with E-state index in [0.29, 0.717) is 15.6 Å². The van der Waals surface area contributed by atoms with Crippen molar-refractivity contribution >= 4 is 41.0 Å². The van der Waals surface area contributed by atoms with E-state index in [0.717, 1.165) is 36.1 Å². The zero-order valence-corrected chi connectivity index (χ0v) is 14.3. The lowest BCUT2D eigenvalue weighted by atomic mass is 10.1. The summed E-state index contributed by atoms with van der Waals surface area (Å²) in [6.45, 7) is 0. The summed E-state index contributed by atoms with van der Waals surface area (Å²) in [6, 6.07) is 14.6. The molecule has 0 amide bonds. The fraction of sp³-hybridized carbons (Fsp3) is 0.158. The maximum absolute atomic E-state index is 12.1. The highest BCUT2D eigenvalue weighted by molar-refractivity contribution is 6.42. The van der Waals surface area contributed by atoms with Crippen LogP contribution < -0.4 is 0 Å². The molecule has 2 aromatic rings. The molecular formula is C19H15Cl2NO2. The number of oxime groups is 1. The zero-order chi connectivity index (χ0) is 16.9. The first kappa shape index (κ1) is 16.7. The van der Waals surface area contributed by atoms with E-state index >= 15 is 0 Å². The summed E-state index contributed by atoms with van der Waals surface area (Å²) in [7, 11) is 0. The van der Waals surface area contributed by atoms with Crippen LogP contribution in [0.4, 0.5) is 0 Å². The van der Waals surface area contributed by atoms with Crippen LogP contribution in [0, 0.1) is 0 Å². The number of rotatable bonds is 3. The Hall–Kier alpha value is -2.10. The van der Waals surface area contributed by atoms with Gasteiger partial charge in [0.15, 0.2) is 0 Å². The van der Waals surface area contributed by atoms with Crippen molar-refractivity contribution in [3.63, 3.8) is 0 Å². The SMILES string of the molecule is O=C(O/N=C1\CCC\C1=C\c1ccccc1)c1ccc(Cl)c(Cl)c1. The predicted molar refractivity (Wildman–Crippen MR) is 97.6 cm³/mol. The maximum atomic E-state index is 12.1. The highest BCUT2D eigenvalue weighted by atomic mass is 35.5. The molecule has 5 heteroatoms. The number of allylic oxidation sites excluding steroid dienone is 1. The molecule has 24 heavy (non-hydrogen) atoms. The fourth-order valence-corrected chi connectivity index (χ4v) is 2.83. The zero-order valence-electron chi connectivity index (χ0n) is 12.8. The van der Waals surface area contributed by atoms with Crippen LogP contribution in [0.3, 0.4) is 0 Å². The molecule has 3 rings (SSSR count). The van der Waals surface area contributed by atoms with Crippen LogP contribution in [0.15, 0.2) is 59.3 Å². The summed E-state index contributed by atoms with van der Waals surface area (Å²) in [5, 5.41) is 4.75. The topological polar surface area (TPSA) is 38.7 Å². The van der Waals surface area contributed by atoms with E-state index in [9.17, 15) is 4.79 Å². The van der Waals surface area contributed by atoms with Gasteiger partial charge in [0, 0.05) is 0 Å². The van der Waals surface area contributed by atoms with Crippen LogP contribution in [0.5, 0.6) is 0 Å². The van der Waals surface area contributed by atoms with Crippen LogP contribution in [0.1, 0.15) is 35.2 Å². The van der Waals surface area contributed by atoms with Crippen LogP contribution in [0.25, 0.3) is 6.08 Å². The van der Waals surface area contributed by atoms with E-state index in [1.165, 1.54) is 6.07 Å². The second kappa shape index (κ2) is 7.65. The maximum Gasteiger partial charge on any atom is 0.365 e. The van der Waals surface area contributed by atoms with Gasteiger partial charge in [0.2, 0.25) is 0 Å². The highest BCUT2D eigenvalue weighted by Gasteiger charge is 2.17. The number of benzene rings is 2. The molecule has 122 valence electrons. The first-order chi connectivity index (χ1) is 11.6. The average molecular weight is 360 g/mol. The van der Waals surface area contributed by atoms with Gasteiger partial charge < -0.3 is 4.84 Å². The van der Waals surface area contributed by atoms with Gasteiger partial charge in [-0.1, -0.05) is 58.7 Å². The number of nitrogens with zero attached hydrogens (tertiary/aromatic N) is 1. The number of carbonyl (C=O) groups is 1. The Bertz CT molecular complexity index is 813. The summed E-state index contributed by atoms with van der Waals surface area (Å²) in [4.78, 5) is 17.2. The summed E-state index contributed by atoms with van der Waals surface area (Å²) in [6.07, 6.45) is 4.81. The van der Waals surface area contributed by atoms with Gasteiger partial charge in [0.25, 0.3) is 0 Å². The Morgan fingerprint density at radius 1 is 1.04 bits per heavy atom. The first-order valence-corrected chi connectivity index (χ1v) is 8.38. The molecule has 0 aliphatic heterocycles. The Morgan fingerprint density at radius 2 is 1.83 bits per heavy atom. The Labute approximate surface area is 150 Å². The molecule has 1 aliphatic rings. The van der Waals surface area contributed by atoms with Gasteiger partial charge in [-0.25, -0.2) is 4.79 Å². The largest absolute Gasteiger partial charge is 0.365 e. The quantitative estimate of drug-likeness (QED) is 0.515. The third-order valence-electron chi connectivity index (χ3n) is 3.76. The molecule has 1 fully saturated rings. The smallest absolute Gasteiger partial charge is 0.313 e. The van der Waals surface area contributed by atoms with E-state index in [1.54, 1.807) is 12.1 Å². The summed E-state index contributed by atoms with van der Waals surface area (Å²) in [5.74, 6) is -0.549. The Kier molecular flexibility index (Phi) is 5.34. The lowest BCUT2D eigenvalue weighted by molar-refractivity contribution is 0.0516. The molecular weight excluding hydrogens is 345 g/mol. The van der Waals surface area contributed by atoms with Gasteiger partial charge in [0.1, 0.15) is 0 Å². The van der Waals surface area contributed by atoms with Crippen molar-refractivity contribution < 1.29 is 9.63 Å². The first-order valence-electron chi connectivity index (χ1n) is 7.63. The average Bonchev–Trinajstić information content (AvgIpc) is 3.03. The van der Waals surface area contributed by atoms with Crippen molar-refractivity contribution in [1.29, 1.82) is 0 Å². The summed E-state index contributed by atoms with van der Waals surface area (Å²) >= 11 is 11.8. The van der Waals surface area contributed by atoms with Crippen molar-refractivity contribution in [1.82, 2.24) is 0 Å². The molecule has 0 atom stereocenters. The van der Waals surface area contributed by atoms with Gasteiger partial charge in [-0.3, -0.25) is 0 Å². The highest BCUT2D eigenvalue weighted by Crippen LogP contribution is 2.25. The second-order valence-electron chi connectivity index (χ2n) is 5.48. The van der Waals surface area contributed by atoms with E-state index in [4.69, 9.17) is 28.0 Å². The molecule has 0 radical (unpaired) electrons. The van der Waals surface area contributed by atoms with Crippen LogP contribution in [0.2, 0.25) is 10.0 Å². The van der Waals surface area contributed by atoms with Crippen LogP contribution in [-0.2, 0) is 4.84 Å². The van der Waals surface area contributed by atoms with Gasteiger partial charge >= 0.3 is 5.97 Å². The standard InChI is InChI=1S/C19H15Cl2NO2/c20-16-10-9-15(12-17(16)21)19(23)24-22-18-8-4-7-14(18)11-13-5-2-1-3-6-13/h1-3,5-6,9-12H,4,7-8H2/b14-11-,22-18+. The summed E-state index contributed by atoms with van der Waals surface area (Å²) in [5.41, 5.74) is 3.34. The van der Waals surface area contributed by atoms with Crippen LogP contribution >= 0.6 is 23.2 Å². The van der Waals surface area contributed by atoms with E-state index in [2.05, 4.69) is 11.2 Å². The number of carbonyl (C=O) groups excluding carboxylic acids is 1. The molecule has 0 unspecified atom stereocenters.